The van der Waals surface area contributed by atoms with Gasteiger partial charge >= 0.3 is 0 Å². The number of guanidine groups is 1. The lowest BCUT2D eigenvalue weighted by molar-refractivity contribution is 0.407. The minimum absolute atomic E-state index is 0.0601. The molecule has 0 atom stereocenters. The molecule has 6 nitrogen and oxygen atoms in total. The fraction of sp³-hybridized carbons (Fsp3) is 0.650. The first-order chi connectivity index (χ1) is 13.0. The van der Waals surface area contributed by atoms with Gasteiger partial charge in [0.2, 0.25) is 0 Å². The second-order valence-corrected chi connectivity index (χ2v) is 9.03. The SMILES string of the molecule is Cc1nnc(CN=C(NCC(C)(C)c2cccs2)NC2CCCCC2)n1C. The van der Waals surface area contributed by atoms with Crippen molar-refractivity contribution in [3.05, 3.63) is 34.0 Å². The molecular formula is C20H32N6S. The van der Waals surface area contributed by atoms with E-state index in [0.29, 0.717) is 12.6 Å². The van der Waals surface area contributed by atoms with Gasteiger partial charge in [0.25, 0.3) is 0 Å². The van der Waals surface area contributed by atoms with Gasteiger partial charge in [0, 0.05) is 29.9 Å². The Kier molecular flexibility index (Phi) is 6.52. The van der Waals surface area contributed by atoms with E-state index in [0.717, 1.165) is 24.2 Å². The van der Waals surface area contributed by atoms with Crippen molar-refractivity contribution in [2.75, 3.05) is 6.54 Å². The van der Waals surface area contributed by atoms with Gasteiger partial charge in [-0.1, -0.05) is 39.2 Å². The van der Waals surface area contributed by atoms with Crippen LogP contribution in [0.15, 0.2) is 22.5 Å². The van der Waals surface area contributed by atoms with E-state index in [-0.39, 0.29) is 5.41 Å². The summed E-state index contributed by atoms with van der Waals surface area (Å²) in [6.07, 6.45) is 6.39. The van der Waals surface area contributed by atoms with E-state index >= 15 is 0 Å². The molecule has 1 saturated carbocycles. The largest absolute Gasteiger partial charge is 0.355 e. The van der Waals surface area contributed by atoms with Gasteiger partial charge in [-0.2, -0.15) is 0 Å². The fourth-order valence-electron chi connectivity index (χ4n) is 3.39. The van der Waals surface area contributed by atoms with E-state index in [1.54, 1.807) is 0 Å². The summed E-state index contributed by atoms with van der Waals surface area (Å²) >= 11 is 1.81. The van der Waals surface area contributed by atoms with Gasteiger partial charge < -0.3 is 15.2 Å². The molecule has 7 heteroatoms. The maximum atomic E-state index is 4.82. The van der Waals surface area contributed by atoms with Crippen molar-refractivity contribution < 1.29 is 0 Å². The second-order valence-electron chi connectivity index (χ2n) is 8.08. The average Bonchev–Trinajstić information content (AvgIpc) is 3.31. The molecule has 1 aliphatic carbocycles. The molecule has 1 fully saturated rings. The van der Waals surface area contributed by atoms with Crippen LogP contribution in [0.4, 0.5) is 0 Å². The van der Waals surface area contributed by atoms with E-state index < -0.39 is 0 Å². The first-order valence-corrected chi connectivity index (χ1v) is 10.8. The van der Waals surface area contributed by atoms with Crippen LogP contribution >= 0.6 is 11.3 Å². The molecule has 0 radical (unpaired) electrons. The Hall–Kier alpha value is -1.89. The van der Waals surface area contributed by atoms with Gasteiger partial charge in [-0.25, -0.2) is 4.99 Å². The van der Waals surface area contributed by atoms with Crippen LogP contribution in [0, 0.1) is 6.92 Å². The third-order valence-electron chi connectivity index (χ3n) is 5.39. The van der Waals surface area contributed by atoms with E-state index in [4.69, 9.17) is 4.99 Å². The predicted molar refractivity (Wildman–Crippen MR) is 112 cm³/mol. The molecule has 0 bridgehead atoms. The Balaban J connectivity index is 1.68. The first-order valence-electron chi connectivity index (χ1n) is 9.89. The van der Waals surface area contributed by atoms with E-state index in [2.05, 4.69) is 52.2 Å². The van der Waals surface area contributed by atoms with E-state index in [1.165, 1.54) is 37.0 Å². The van der Waals surface area contributed by atoms with Crippen LogP contribution in [0.1, 0.15) is 62.5 Å². The summed E-state index contributed by atoms with van der Waals surface area (Å²) in [6.45, 7) is 7.87. The third kappa shape index (κ3) is 5.31. The summed E-state index contributed by atoms with van der Waals surface area (Å²) < 4.78 is 2.00. The van der Waals surface area contributed by atoms with Crippen molar-refractivity contribution >= 4 is 17.3 Å². The minimum atomic E-state index is 0.0601. The lowest BCUT2D eigenvalue weighted by Crippen LogP contribution is -2.47. The molecule has 148 valence electrons. The van der Waals surface area contributed by atoms with Gasteiger partial charge in [0.15, 0.2) is 11.8 Å². The fourth-order valence-corrected chi connectivity index (χ4v) is 4.24. The zero-order valence-corrected chi connectivity index (χ0v) is 17.8. The summed E-state index contributed by atoms with van der Waals surface area (Å²) in [5, 5.41) is 17.7. The monoisotopic (exact) mass is 388 g/mol. The van der Waals surface area contributed by atoms with Crippen molar-refractivity contribution in [2.24, 2.45) is 12.0 Å². The Labute approximate surface area is 166 Å². The Morgan fingerprint density at radius 1 is 1.30 bits per heavy atom. The lowest BCUT2D eigenvalue weighted by atomic mass is 9.91. The second kappa shape index (κ2) is 8.87. The van der Waals surface area contributed by atoms with Crippen LogP contribution in [-0.4, -0.2) is 33.3 Å². The Morgan fingerprint density at radius 3 is 2.70 bits per heavy atom. The highest BCUT2D eigenvalue weighted by Crippen LogP contribution is 2.26. The molecule has 1 aliphatic rings. The number of hydrogen-bond acceptors (Lipinski definition) is 4. The molecular weight excluding hydrogens is 356 g/mol. The third-order valence-corrected chi connectivity index (χ3v) is 6.63. The van der Waals surface area contributed by atoms with Crippen molar-refractivity contribution in [2.45, 2.75) is 70.9 Å². The highest BCUT2D eigenvalue weighted by molar-refractivity contribution is 7.10. The van der Waals surface area contributed by atoms with Gasteiger partial charge in [-0.15, -0.1) is 21.5 Å². The predicted octanol–water partition coefficient (Wildman–Crippen LogP) is 3.53. The molecule has 2 N–H and O–H groups in total. The molecule has 2 heterocycles. The molecule has 2 aromatic rings. The Morgan fingerprint density at radius 2 is 2.07 bits per heavy atom. The average molecular weight is 389 g/mol. The summed E-state index contributed by atoms with van der Waals surface area (Å²) in [6, 6.07) is 4.84. The number of aliphatic imine (C=N–C) groups is 1. The molecule has 0 saturated heterocycles. The molecule has 0 aliphatic heterocycles. The summed E-state index contributed by atoms with van der Waals surface area (Å²) in [4.78, 5) is 6.21. The molecule has 0 aromatic carbocycles. The number of thiophene rings is 1. The quantitative estimate of drug-likeness (QED) is 0.587. The molecule has 2 aromatic heterocycles. The highest BCUT2D eigenvalue weighted by Gasteiger charge is 2.23. The standard InChI is InChI=1S/C20H32N6S/c1-15-24-25-18(26(15)4)13-21-19(23-16-9-6-5-7-10-16)22-14-20(2,3)17-11-8-12-27-17/h8,11-12,16H,5-7,9-10,13-14H2,1-4H3,(H2,21,22,23). The zero-order chi connectivity index (χ0) is 19.3. The van der Waals surface area contributed by atoms with Crippen LogP contribution in [0.5, 0.6) is 0 Å². The van der Waals surface area contributed by atoms with E-state index in [9.17, 15) is 0 Å². The van der Waals surface area contributed by atoms with Crippen molar-refractivity contribution in [3.8, 4) is 0 Å². The molecule has 27 heavy (non-hydrogen) atoms. The highest BCUT2D eigenvalue weighted by atomic mass is 32.1. The molecule has 0 spiro atoms. The zero-order valence-electron chi connectivity index (χ0n) is 17.0. The van der Waals surface area contributed by atoms with Crippen molar-refractivity contribution in [1.82, 2.24) is 25.4 Å². The first kappa shape index (κ1) is 19.9. The number of rotatable bonds is 6. The van der Waals surface area contributed by atoms with Crippen LogP contribution in [-0.2, 0) is 19.0 Å². The van der Waals surface area contributed by atoms with Gasteiger partial charge in [-0.3, -0.25) is 0 Å². The number of nitrogens with zero attached hydrogens (tertiary/aromatic N) is 4. The molecule has 0 unspecified atom stereocenters. The van der Waals surface area contributed by atoms with E-state index in [1.807, 2.05) is 29.9 Å². The van der Waals surface area contributed by atoms with Crippen molar-refractivity contribution in [1.29, 1.82) is 0 Å². The maximum absolute atomic E-state index is 4.82. The molecule has 3 rings (SSSR count). The topological polar surface area (TPSA) is 67.1 Å². The van der Waals surface area contributed by atoms with Crippen LogP contribution in [0.3, 0.4) is 0 Å². The van der Waals surface area contributed by atoms with Gasteiger partial charge in [0.05, 0.1) is 0 Å². The number of hydrogen-bond donors (Lipinski definition) is 2. The van der Waals surface area contributed by atoms with Gasteiger partial charge in [-0.05, 0) is 31.2 Å². The minimum Gasteiger partial charge on any atom is -0.355 e. The molecule has 0 amide bonds. The summed E-state index contributed by atoms with van der Waals surface area (Å²) in [7, 11) is 1.99. The van der Waals surface area contributed by atoms with Crippen molar-refractivity contribution in [3.63, 3.8) is 0 Å². The normalized spacial score (nSPS) is 16.5. The van der Waals surface area contributed by atoms with Crippen LogP contribution in [0.25, 0.3) is 0 Å². The lowest BCUT2D eigenvalue weighted by Gasteiger charge is -2.28. The smallest absolute Gasteiger partial charge is 0.191 e. The van der Waals surface area contributed by atoms with Crippen LogP contribution in [0.2, 0.25) is 0 Å². The number of nitrogens with one attached hydrogen (secondary N) is 2. The summed E-state index contributed by atoms with van der Waals surface area (Å²) in [5.74, 6) is 2.68. The summed E-state index contributed by atoms with van der Waals surface area (Å²) in [5.41, 5.74) is 0.0601. The Bertz CT molecular complexity index is 741. The maximum Gasteiger partial charge on any atom is 0.191 e. The van der Waals surface area contributed by atoms with Gasteiger partial charge in [0.1, 0.15) is 12.4 Å². The number of aromatic nitrogens is 3. The number of aryl methyl sites for hydroxylation is 1. The van der Waals surface area contributed by atoms with Crippen LogP contribution < -0.4 is 10.6 Å².